The molecule has 0 saturated heterocycles. The van der Waals surface area contributed by atoms with E-state index in [1.807, 2.05) is 0 Å². The van der Waals surface area contributed by atoms with Crippen LogP contribution in [-0.2, 0) is 4.79 Å². The van der Waals surface area contributed by atoms with E-state index >= 15 is 0 Å². The summed E-state index contributed by atoms with van der Waals surface area (Å²) in [4.78, 5) is 10.5. The van der Waals surface area contributed by atoms with Gasteiger partial charge in [-0.15, -0.1) is 0 Å². The van der Waals surface area contributed by atoms with E-state index in [0.29, 0.717) is 18.4 Å². The molecule has 1 saturated carbocycles. The van der Waals surface area contributed by atoms with Crippen molar-refractivity contribution in [3.63, 3.8) is 0 Å². The van der Waals surface area contributed by atoms with Crippen LogP contribution in [0.3, 0.4) is 0 Å². The third-order valence-corrected chi connectivity index (χ3v) is 2.63. The van der Waals surface area contributed by atoms with E-state index in [1.54, 1.807) is 24.3 Å². The van der Waals surface area contributed by atoms with Crippen molar-refractivity contribution >= 4 is 12.0 Å². The number of hydrogen-bond donors (Lipinski definition) is 1. The van der Waals surface area contributed by atoms with Gasteiger partial charge >= 0.3 is 5.97 Å². The summed E-state index contributed by atoms with van der Waals surface area (Å²) in [5.74, 6) is -1.30. The van der Waals surface area contributed by atoms with E-state index in [-0.39, 0.29) is 11.7 Å². The molecule has 0 atom stereocenters. The van der Waals surface area contributed by atoms with Crippen LogP contribution in [0.25, 0.3) is 6.08 Å². The van der Waals surface area contributed by atoms with Gasteiger partial charge in [0.05, 0.1) is 5.92 Å². The number of rotatable bonds is 2. The number of hydrogen-bond acceptors (Lipinski definition) is 1. The van der Waals surface area contributed by atoms with E-state index in [2.05, 4.69) is 0 Å². The maximum atomic E-state index is 13.2. The summed E-state index contributed by atoms with van der Waals surface area (Å²) >= 11 is 0. The standard InChI is InChI=1S/C12H11FO2/c13-11-4-2-1-3-9(11)5-8-6-10(7-8)12(14)15/h1-5,10H,6-7H2,(H,14,15). The Kier molecular flexibility index (Phi) is 2.54. The Morgan fingerprint density at radius 1 is 1.40 bits per heavy atom. The molecule has 1 N–H and O–H groups in total. The first kappa shape index (κ1) is 9.90. The summed E-state index contributed by atoms with van der Waals surface area (Å²) in [7, 11) is 0. The highest BCUT2D eigenvalue weighted by Gasteiger charge is 2.29. The molecule has 0 spiro atoms. The van der Waals surface area contributed by atoms with E-state index < -0.39 is 5.97 Å². The molecule has 1 fully saturated rings. The Morgan fingerprint density at radius 3 is 2.67 bits per heavy atom. The quantitative estimate of drug-likeness (QED) is 0.807. The first-order chi connectivity index (χ1) is 7.16. The van der Waals surface area contributed by atoms with Gasteiger partial charge < -0.3 is 5.11 Å². The average Bonchev–Trinajstić information content (AvgIpc) is 2.12. The first-order valence-electron chi connectivity index (χ1n) is 4.83. The van der Waals surface area contributed by atoms with Crippen molar-refractivity contribution in [3.8, 4) is 0 Å². The zero-order valence-electron chi connectivity index (χ0n) is 8.11. The summed E-state index contributed by atoms with van der Waals surface area (Å²) in [6.45, 7) is 0. The maximum Gasteiger partial charge on any atom is 0.307 e. The van der Waals surface area contributed by atoms with Crippen molar-refractivity contribution in [2.45, 2.75) is 12.8 Å². The predicted molar refractivity (Wildman–Crippen MR) is 54.7 cm³/mol. The van der Waals surface area contributed by atoms with E-state index in [0.717, 1.165) is 5.57 Å². The number of carboxylic acids is 1. The largest absolute Gasteiger partial charge is 0.481 e. The Hall–Kier alpha value is -1.64. The average molecular weight is 206 g/mol. The second-order valence-corrected chi connectivity index (χ2v) is 3.77. The highest BCUT2D eigenvalue weighted by Crippen LogP contribution is 2.34. The van der Waals surface area contributed by atoms with Crippen LogP contribution in [0.1, 0.15) is 18.4 Å². The lowest BCUT2D eigenvalue weighted by Crippen LogP contribution is -2.23. The molecule has 0 bridgehead atoms. The topological polar surface area (TPSA) is 37.3 Å². The number of carboxylic acid groups (broad SMARTS) is 1. The van der Waals surface area contributed by atoms with Gasteiger partial charge in [0.25, 0.3) is 0 Å². The number of carbonyl (C=O) groups is 1. The van der Waals surface area contributed by atoms with Gasteiger partial charge in [0, 0.05) is 5.56 Å². The van der Waals surface area contributed by atoms with Crippen molar-refractivity contribution in [2.24, 2.45) is 5.92 Å². The minimum Gasteiger partial charge on any atom is -0.481 e. The Bertz CT molecular complexity index is 415. The molecule has 78 valence electrons. The molecule has 0 heterocycles. The van der Waals surface area contributed by atoms with Crippen LogP contribution in [0.2, 0.25) is 0 Å². The second-order valence-electron chi connectivity index (χ2n) is 3.77. The van der Waals surface area contributed by atoms with Crippen LogP contribution in [0.4, 0.5) is 4.39 Å². The predicted octanol–water partition coefficient (Wildman–Crippen LogP) is 2.70. The van der Waals surface area contributed by atoms with Crippen molar-refractivity contribution in [2.75, 3.05) is 0 Å². The van der Waals surface area contributed by atoms with Crippen molar-refractivity contribution in [1.29, 1.82) is 0 Å². The van der Waals surface area contributed by atoms with Crippen molar-refractivity contribution < 1.29 is 14.3 Å². The number of halogens is 1. The molecule has 2 rings (SSSR count). The number of allylic oxidation sites excluding steroid dienone is 1. The van der Waals surface area contributed by atoms with E-state index in [1.165, 1.54) is 6.07 Å². The molecule has 1 aromatic rings. The minimum atomic E-state index is -0.763. The lowest BCUT2D eigenvalue weighted by Gasteiger charge is -2.25. The van der Waals surface area contributed by atoms with Gasteiger partial charge in [-0.3, -0.25) is 4.79 Å². The van der Waals surface area contributed by atoms with Gasteiger partial charge in [-0.05, 0) is 18.9 Å². The molecule has 0 aliphatic heterocycles. The number of aliphatic carboxylic acids is 1. The Morgan fingerprint density at radius 2 is 2.07 bits per heavy atom. The summed E-state index contributed by atoms with van der Waals surface area (Å²) in [5.41, 5.74) is 1.55. The monoisotopic (exact) mass is 206 g/mol. The third kappa shape index (κ3) is 2.06. The Labute approximate surface area is 87.0 Å². The van der Waals surface area contributed by atoms with Crippen molar-refractivity contribution in [3.05, 3.63) is 41.2 Å². The van der Waals surface area contributed by atoms with E-state index in [9.17, 15) is 9.18 Å². The summed E-state index contributed by atoms with van der Waals surface area (Å²) in [6.07, 6.45) is 2.84. The van der Waals surface area contributed by atoms with Gasteiger partial charge in [-0.2, -0.15) is 0 Å². The fourth-order valence-corrected chi connectivity index (χ4v) is 1.68. The van der Waals surface area contributed by atoms with Crippen molar-refractivity contribution in [1.82, 2.24) is 0 Å². The maximum absolute atomic E-state index is 13.2. The van der Waals surface area contributed by atoms with E-state index in [4.69, 9.17) is 5.11 Å². The highest BCUT2D eigenvalue weighted by atomic mass is 19.1. The molecule has 1 aliphatic carbocycles. The number of benzene rings is 1. The Balaban J connectivity index is 2.08. The molecular weight excluding hydrogens is 195 g/mol. The van der Waals surface area contributed by atoms with Crippen LogP contribution in [0, 0.1) is 11.7 Å². The smallest absolute Gasteiger partial charge is 0.307 e. The summed E-state index contributed by atoms with van der Waals surface area (Å²) in [6, 6.07) is 6.50. The summed E-state index contributed by atoms with van der Waals surface area (Å²) < 4.78 is 13.2. The van der Waals surface area contributed by atoms with Crippen LogP contribution in [0.15, 0.2) is 29.8 Å². The normalized spacial score (nSPS) is 19.5. The molecule has 3 heteroatoms. The molecule has 0 radical (unpaired) electrons. The molecule has 1 aliphatic rings. The highest BCUT2D eigenvalue weighted by molar-refractivity contribution is 5.74. The van der Waals surface area contributed by atoms with Crippen LogP contribution >= 0.6 is 0 Å². The zero-order valence-corrected chi connectivity index (χ0v) is 8.11. The first-order valence-corrected chi connectivity index (χ1v) is 4.83. The molecule has 1 aromatic carbocycles. The molecular formula is C12H11FO2. The second kappa shape index (κ2) is 3.85. The zero-order chi connectivity index (χ0) is 10.8. The molecule has 0 unspecified atom stereocenters. The van der Waals surface area contributed by atoms with Crippen LogP contribution in [0.5, 0.6) is 0 Å². The summed E-state index contributed by atoms with van der Waals surface area (Å²) in [5, 5.41) is 8.67. The van der Waals surface area contributed by atoms with Crippen LogP contribution in [-0.4, -0.2) is 11.1 Å². The third-order valence-electron chi connectivity index (χ3n) is 2.63. The minimum absolute atomic E-state index is 0.260. The van der Waals surface area contributed by atoms with Gasteiger partial charge in [-0.1, -0.05) is 29.8 Å². The SMILES string of the molecule is O=C(O)C1CC(=Cc2ccccc2F)C1. The fraction of sp³-hybridized carbons (Fsp3) is 0.250. The molecule has 0 aromatic heterocycles. The van der Waals surface area contributed by atoms with Gasteiger partial charge in [-0.25, -0.2) is 4.39 Å². The van der Waals surface area contributed by atoms with Crippen LogP contribution < -0.4 is 0 Å². The van der Waals surface area contributed by atoms with Gasteiger partial charge in [0.15, 0.2) is 0 Å². The molecule has 15 heavy (non-hydrogen) atoms. The lowest BCUT2D eigenvalue weighted by atomic mass is 9.79. The molecule has 2 nitrogen and oxygen atoms in total. The van der Waals surface area contributed by atoms with Gasteiger partial charge in [0.2, 0.25) is 0 Å². The fourth-order valence-electron chi connectivity index (χ4n) is 1.68. The van der Waals surface area contributed by atoms with Gasteiger partial charge in [0.1, 0.15) is 5.82 Å². The molecule has 0 amide bonds. The lowest BCUT2D eigenvalue weighted by molar-refractivity contribution is -0.143.